The van der Waals surface area contributed by atoms with Gasteiger partial charge in [-0.1, -0.05) is 0 Å². The molecule has 2 aromatic rings. The van der Waals surface area contributed by atoms with Gasteiger partial charge in [-0.3, -0.25) is 14.9 Å². The number of non-ortho nitro benzene ring substituents is 1. The average Bonchev–Trinajstić information content (AvgIpc) is 2.97. The van der Waals surface area contributed by atoms with Crippen LogP contribution in [0.2, 0.25) is 0 Å². The lowest BCUT2D eigenvalue weighted by molar-refractivity contribution is -0.384. The van der Waals surface area contributed by atoms with Crippen LogP contribution in [0.25, 0.3) is 5.69 Å². The molecule has 0 fully saturated rings. The Hall–Kier alpha value is -2.74. The highest BCUT2D eigenvalue weighted by atomic mass is 16.6. The van der Waals surface area contributed by atoms with E-state index >= 15 is 0 Å². The third-order valence-electron chi connectivity index (χ3n) is 2.99. The van der Waals surface area contributed by atoms with Crippen LogP contribution in [-0.4, -0.2) is 37.9 Å². The number of aliphatic hydroxyl groups is 1. The van der Waals surface area contributed by atoms with E-state index in [0.717, 1.165) is 0 Å². The number of nitro groups is 1. The molecule has 8 heteroatoms. The van der Waals surface area contributed by atoms with E-state index in [1.165, 1.54) is 22.9 Å². The molecule has 0 radical (unpaired) electrons. The van der Waals surface area contributed by atoms with Crippen molar-refractivity contribution in [3.05, 3.63) is 52.3 Å². The second-order valence-corrected chi connectivity index (χ2v) is 5.42. The standard InChI is InChI=1S/C14H16N4O4/c1-14(2,9-19)15-13(20)12-7-8-17(16-12)10-3-5-11(6-4-10)18(21)22/h3-8,19H,9H2,1-2H3,(H,15,20). The normalized spacial score (nSPS) is 11.2. The van der Waals surface area contributed by atoms with Gasteiger partial charge in [0.2, 0.25) is 0 Å². The smallest absolute Gasteiger partial charge is 0.272 e. The van der Waals surface area contributed by atoms with E-state index in [-0.39, 0.29) is 18.0 Å². The minimum Gasteiger partial charge on any atom is -0.394 e. The van der Waals surface area contributed by atoms with Crippen molar-refractivity contribution in [3.63, 3.8) is 0 Å². The van der Waals surface area contributed by atoms with Crippen LogP contribution in [0.15, 0.2) is 36.5 Å². The summed E-state index contributed by atoms with van der Waals surface area (Å²) in [4.78, 5) is 22.1. The number of amides is 1. The van der Waals surface area contributed by atoms with E-state index in [4.69, 9.17) is 5.11 Å². The molecule has 0 spiro atoms. The summed E-state index contributed by atoms with van der Waals surface area (Å²) in [5.74, 6) is -0.403. The number of rotatable bonds is 5. The van der Waals surface area contributed by atoms with Crippen LogP contribution < -0.4 is 5.32 Å². The maximum Gasteiger partial charge on any atom is 0.272 e. The third-order valence-corrected chi connectivity index (χ3v) is 2.99. The lowest BCUT2D eigenvalue weighted by Gasteiger charge is -2.22. The van der Waals surface area contributed by atoms with Crippen LogP contribution in [0.3, 0.4) is 0 Å². The Morgan fingerprint density at radius 2 is 2.00 bits per heavy atom. The van der Waals surface area contributed by atoms with Gasteiger partial charge in [0, 0.05) is 18.3 Å². The van der Waals surface area contributed by atoms with Crippen molar-refractivity contribution in [1.29, 1.82) is 0 Å². The summed E-state index contributed by atoms with van der Waals surface area (Å²) >= 11 is 0. The number of aromatic nitrogens is 2. The fraction of sp³-hybridized carbons (Fsp3) is 0.286. The van der Waals surface area contributed by atoms with Gasteiger partial charge in [-0.25, -0.2) is 4.68 Å². The second kappa shape index (κ2) is 5.94. The maximum atomic E-state index is 12.0. The van der Waals surface area contributed by atoms with E-state index in [9.17, 15) is 14.9 Å². The molecule has 1 heterocycles. The molecule has 0 unspecified atom stereocenters. The predicted octanol–water partition coefficient (Wildman–Crippen LogP) is 1.28. The third kappa shape index (κ3) is 3.47. The molecular weight excluding hydrogens is 288 g/mol. The zero-order valence-corrected chi connectivity index (χ0v) is 12.2. The largest absolute Gasteiger partial charge is 0.394 e. The molecule has 8 nitrogen and oxygen atoms in total. The number of nitrogens with zero attached hydrogens (tertiary/aromatic N) is 3. The summed E-state index contributed by atoms with van der Waals surface area (Å²) in [5.41, 5.74) is 0.0401. The van der Waals surface area contributed by atoms with E-state index in [2.05, 4.69) is 10.4 Å². The molecule has 22 heavy (non-hydrogen) atoms. The minimum atomic E-state index is -0.742. The van der Waals surface area contributed by atoms with Crippen LogP contribution in [0.4, 0.5) is 5.69 Å². The number of nitro benzene ring substituents is 1. The van der Waals surface area contributed by atoms with Gasteiger partial charge in [0.05, 0.1) is 22.8 Å². The highest BCUT2D eigenvalue weighted by Gasteiger charge is 2.21. The summed E-state index contributed by atoms with van der Waals surface area (Å²) in [6.07, 6.45) is 1.59. The van der Waals surface area contributed by atoms with Crippen LogP contribution in [0.1, 0.15) is 24.3 Å². The van der Waals surface area contributed by atoms with Crippen molar-refractivity contribution in [3.8, 4) is 5.69 Å². The number of aliphatic hydroxyl groups excluding tert-OH is 1. The lowest BCUT2D eigenvalue weighted by atomic mass is 10.1. The second-order valence-electron chi connectivity index (χ2n) is 5.42. The van der Waals surface area contributed by atoms with E-state index in [1.807, 2.05) is 0 Å². The summed E-state index contributed by atoms with van der Waals surface area (Å²) in [5, 5.41) is 26.5. The first-order valence-corrected chi connectivity index (χ1v) is 6.56. The van der Waals surface area contributed by atoms with Gasteiger partial charge in [-0.15, -0.1) is 0 Å². The zero-order valence-electron chi connectivity index (χ0n) is 12.2. The molecule has 2 rings (SSSR count). The summed E-state index contributed by atoms with van der Waals surface area (Å²) < 4.78 is 1.45. The number of benzene rings is 1. The molecule has 1 amide bonds. The average molecular weight is 304 g/mol. The van der Waals surface area contributed by atoms with Gasteiger partial charge in [0.1, 0.15) is 0 Å². The molecule has 0 bridgehead atoms. The first-order valence-electron chi connectivity index (χ1n) is 6.56. The quantitative estimate of drug-likeness (QED) is 0.638. The Balaban J connectivity index is 2.17. The molecule has 0 aliphatic carbocycles. The Labute approximate surface area is 126 Å². The molecule has 1 aromatic carbocycles. The number of carbonyl (C=O) groups excluding carboxylic acids is 1. The lowest BCUT2D eigenvalue weighted by Crippen LogP contribution is -2.46. The first kappa shape index (κ1) is 15.6. The van der Waals surface area contributed by atoms with Crippen molar-refractivity contribution < 1.29 is 14.8 Å². The van der Waals surface area contributed by atoms with Crippen molar-refractivity contribution in [1.82, 2.24) is 15.1 Å². The summed E-state index contributed by atoms with van der Waals surface area (Å²) in [6, 6.07) is 7.36. The van der Waals surface area contributed by atoms with Gasteiger partial charge in [0.25, 0.3) is 11.6 Å². The molecule has 0 saturated carbocycles. The van der Waals surface area contributed by atoms with E-state index in [0.29, 0.717) is 5.69 Å². The number of carbonyl (C=O) groups is 1. The number of nitrogens with one attached hydrogen (secondary N) is 1. The molecule has 0 aliphatic rings. The first-order chi connectivity index (χ1) is 10.3. The Kier molecular flexibility index (Phi) is 4.22. The van der Waals surface area contributed by atoms with Crippen LogP contribution >= 0.6 is 0 Å². The van der Waals surface area contributed by atoms with Crippen LogP contribution in [0, 0.1) is 10.1 Å². The molecule has 0 aliphatic heterocycles. The molecule has 0 atom stereocenters. The monoisotopic (exact) mass is 304 g/mol. The summed E-state index contributed by atoms with van der Waals surface area (Å²) in [6.45, 7) is 3.19. The van der Waals surface area contributed by atoms with Crippen molar-refractivity contribution in [2.24, 2.45) is 0 Å². The Morgan fingerprint density at radius 3 is 2.55 bits per heavy atom. The van der Waals surface area contributed by atoms with Crippen molar-refractivity contribution >= 4 is 11.6 Å². The van der Waals surface area contributed by atoms with Gasteiger partial charge in [0.15, 0.2) is 5.69 Å². The minimum absolute atomic E-state index is 0.0152. The highest BCUT2D eigenvalue weighted by Crippen LogP contribution is 2.15. The molecule has 116 valence electrons. The van der Waals surface area contributed by atoms with Crippen LogP contribution in [0.5, 0.6) is 0 Å². The van der Waals surface area contributed by atoms with Crippen molar-refractivity contribution in [2.75, 3.05) is 6.61 Å². The number of hydrogen-bond acceptors (Lipinski definition) is 5. The van der Waals surface area contributed by atoms with E-state index < -0.39 is 16.4 Å². The SMILES string of the molecule is CC(C)(CO)NC(=O)c1ccn(-c2ccc([N+](=O)[O-])cc2)n1. The van der Waals surface area contributed by atoms with Gasteiger partial charge in [-0.05, 0) is 32.0 Å². The maximum absolute atomic E-state index is 12.0. The topological polar surface area (TPSA) is 110 Å². The van der Waals surface area contributed by atoms with Gasteiger partial charge in [-0.2, -0.15) is 5.10 Å². The summed E-state index contributed by atoms with van der Waals surface area (Å²) in [7, 11) is 0. The van der Waals surface area contributed by atoms with Gasteiger partial charge < -0.3 is 10.4 Å². The molecule has 2 N–H and O–H groups in total. The Morgan fingerprint density at radius 1 is 1.36 bits per heavy atom. The highest BCUT2D eigenvalue weighted by molar-refractivity contribution is 5.92. The predicted molar refractivity (Wildman–Crippen MR) is 78.8 cm³/mol. The van der Waals surface area contributed by atoms with E-state index in [1.54, 1.807) is 32.2 Å². The van der Waals surface area contributed by atoms with Gasteiger partial charge >= 0.3 is 0 Å². The molecule has 0 saturated heterocycles. The Bertz CT molecular complexity index is 691. The molecular formula is C14H16N4O4. The zero-order chi connectivity index (χ0) is 16.3. The fourth-order valence-corrected chi connectivity index (χ4v) is 1.73. The fourth-order valence-electron chi connectivity index (χ4n) is 1.73. The number of hydrogen-bond donors (Lipinski definition) is 2. The molecule has 1 aromatic heterocycles. The van der Waals surface area contributed by atoms with Crippen LogP contribution in [-0.2, 0) is 0 Å². The van der Waals surface area contributed by atoms with Crippen molar-refractivity contribution in [2.45, 2.75) is 19.4 Å².